The number of hydrogen-bond acceptors (Lipinski definition) is 4. The quantitative estimate of drug-likeness (QED) is 0.701. The van der Waals surface area contributed by atoms with Gasteiger partial charge in [0.25, 0.3) is 5.91 Å². The third-order valence-corrected chi connectivity index (χ3v) is 4.79. The van der Waals surface area contributed by atoms with E-state index in [9.17, 15) is 4.79 Å². The van der Waals surface area contributed by atoms with E-state index in [1.54, 1.807) is 23.1 Å². The molecule has 1 aliphatic rings. The highest BCUT2D eigenvalue weighted by molar-refractivity contribution is 9.10. The Hall–Kier alpha value is -1.63. The third-order valence-electron chi connectivity index (χ3n) is 3.93. The number of nitrogens with zero attached hydrogens (tertiary/aromatic N) is 2. The number of pyridine rings is 1. The van der Waals surface area contributed by atoms with Gasteiger partial charge in [0.15, 0.2) is 0 Å². The van der Waals surface area contributed by atoms with E-state index in [-0.39, 0.29) is 12.0 Å². The molecular formula is C18H18BrClN2O3. The van der Waals surface area contributed by atoms with E-state index in [4.69, 9.17) is 21.1 Å². The lowest BCUT2D eigenvalue weighted by Gasteiger charge is -2.32. The summed E-state index contributed by atoms with van der Waals surface area (Å²) in [6.45, 7) is 3.80. The molecule has 1 aromatic carbocycles. The maximum atomic E-state index is 12.6. The molecule has 132 valence electrons. The number of benzene rings is 1. The highest BCUT2D eigenvalue weighted by Crippen LogP contribution is 2.21. The lowest BCUT2D eigenvalue weighted by molar-refractivity contribution is -0.0402. The van der Waals surface area contributed by atoms with Crippen LogP contribution in [0.3, 0.4) is 0 Å². The molecule has 0 N–H and O–H groups in total. The zero-order valence-electron chi connectivity index (χ0n) is 13.7. The molecule has 0 unspecified atom stereocenters. The van der Waals surface area contributed by atoms with Crippen LogP contribution in [0, 0.1) is 6.92 Å². The fourth-order valence-electron chi connectivity index (χ4n) is 2.59. The van der Waals surface area contributed by atoms with Gasteiger partial charge in [-0.1, -0.05) is 17.7 Å². The van der Waals surface area contributed by atoms with Crippen molar-refractivity contribution in [2.24, 2.45) is 0 Å². The zero-order valence-corrected chi connectivity index (χ0v) is 16.1. The Morgan fingerprint density at radius 1 is 1.44 bits per heavy atom. The number of rotatable bonds is 4. The second-order valence-electron chi connectivity index (χ2n) is 5.81. The first-order valence-corrected chi connectivity index (χ1v) is 9.12. The van der Waals surface area contributed by atoms with Crippen molar-refractivity contribution in [3.8, 4) is 5.75 Å². The van der Waals surface area contributed by atoms with E-state index < -0.39 is 0 Å². The number of carbonyl (C=O) groups is 1. The molecule has 1 fully saturated rings. The van der Waals surface area contributed by atoms with Crippen molar-refractivity contribution < 1.29 is 14.3 Å². The van der Waals surface area contributed by atoms with Gasteiger partial charge in [-0.05, 0) is 58.7 Å². The van der Waals surface area contributed by atoms with Gasteiger partial charge in [0.2, 0.25) is 0 Å². The SMILES string of the molecule is Cc1cc(OC[C@@H]2CN(C(=O)c3cccc(Br)n3)CCO2)ccc1Cl. The van der Waals surface area contributed by atoms with Crippen LogP contribution in [-0.2, 0) is 4.74 Å². The Morgan fingerprint density at radius 3 is 3.04 bits per heavy atom. The lowest BCUT2D eigenvalue weighted by atomic mass is 10.2. The van der Waals surface area contributed by atoms with Gasteiger partial charge in [0.05, 0.1) is 13.2 Å². The van der Waals surface area contributed by atoms with Gasteiger partial charge in [-0.2, -0.15) is 0 Å². The van der Waals surface area contributed by atoms with Crippen LogP contribution < -0.4 is 4.74 Å². The maximum Gasteiger partial charge on any atom is 0.272 e. The summed E-state index contributed by atoms with van der Waals surface area (Å²) in [7, 11) is 0. The van der Waals surface area contributed by atoms with Gasteiger partial charge < -0.3 is 14.4 Å². The van der Waals surface area contributed by atoms with Crippen molar-refractivity contribution >= 4 is 33.4 Å². The standard InChI is InChI=1S/C18H18BrClN2O3/c1-12-9-13(5-6-15(12)20)25-11-14-10-22(7-8-24-14)18(23)16-3-2-4-17(19)21-16/h2-6,9,14H,7-8,10-11H2,1H3/t14-/m0/s1. The van der Waals surface area contributed by atoms with Crippen molar-refractivity contribution in [1.82, 2.24) is 9.88 Å². The van der Waals surface area contributed by atoms with E-state index >= 15 is 0 Å². The monoisotopic (exact) mass is 424 g/mol. The molecule has 0 radical (unpaired) electrons. The van der Waals surface area contributed by atoms with E-state index in [1.807, 2.05) is 25.1 Å². The van der Waals surface area contributed by atoms with Gasteiger partial charge in [0.1, 0.15) is 28.8 Å². The molecular weight excluding hydrogens is 408 g/mol. The number of morpholine rings is 1. The zero-order chi connectivity index (χ0) is 17.8. The molecule has 1 amide bonds. The molecule has 1 aliphatic heterocycles. The van der Waals surface area contributed by atoms with Crippen molar-refractivity contribution in [3.63, 3.8) is 0 Å². The molecule has 0 aliphatic carbocycles. The van der Waals surface area contributed by atoms with Crippen molar-refractivity contribution in [3.05, 3.63) is 57.3 Å². The summed E-state index contributed by atoms with van der Waals surface area (Å²) in [5, 5.41) is 0.708. The molecule has 2 heterocycles. The first-order chi connectivity index (χ1) is 12.0. The molecule has 1 atom stereocenters. The smallest absolute Gasteiger partial charge is 0.272 e. The van der Waals surface area contributed by atoms with Crippen LogP contribution in [-0.4, -0.2) is 48.2 Å². The molecule has 1 saturated heterocycles. The fourth-order valence-corrected chi connectivity index (χ4v) is 3.05. The molecule has 0 spiro atoms. The Balaban J connectivity index is 1.59. The molecule has 0 saturated carbocycles. The maximum absolute atomic E-state index is 12.6. The Bertz CT molecular complexity index is 772. The Morgan fingerprint density at radius 2 is 2.28 bits per heavy atom. The normalized spacial score (nSPS) is 17.4. The number of halogens is 2. The summed E-state index contributed by atoms with van der Waals surface area (Å²) < 4.78 is 12.2. The first-order valence-electron chi connectivity index (χ1n) is 7.95. The molecule has 7 heteroatoms. The van der Waals surface area contributed by atoms with E-state index in [0.29, 0.717) is 41.6 Å². The molecule has 25 heavy (non-hydrogen) atoms. The number of aryl methyl sites for hydroxylation is 1. The summed E-state index contributed by atoms with van der Waals surface area (Å²) in [6.07, 6.45) is -0.180. The van der Waals surface area contributed by atoms with E-state index in [1.165, 1.54) is 0 Å². The summed E-state index contributed by atoms with van der Waals surface area (Å²) in [6, 6.07) is 10.8. The minimum atomic E-state index is -0.180. The second kappa shape index (κ2) is 8.17. The minimum absolute atomic E-state index is 0.100. The molecule has 2 aromatic rings. The number of hydrogen-bond donors (Lipinski definition) is 0. The predicted octanol–water partition coefficient (Wildman–Crippen LogP) is 3.73. The fraction of sp³-hybridized carbons (Fsp3) is 0.333. The molecule has 0 bridgehead atoms. The van der Waals surface area contributed by atoms with Crippen LogP contribution in [0.4, 0.5) is 0 Å². The van der Waals surface area contributed by atoms with Gasteiger partial charge in [0, 0.05) is 11.6 Å². The Kier molecular flexibility index (Phi) is 5.93. The average molecular weight is 426 g/mol. The highest BCUT2D eigenvalue weighted by Gasteiger charge is 2.26. The summed E-state index contributed by atoms with van der Waals surface area (Å²) >= 11 is 9.31. The highest BCUT2D eigenvalue weighted by atomic mass is 79.9. The number of carbonyl (C=O) groups excluding carboxylic acids is 1. The van der Waals surface area contributed by atoms with Crippen LogP contribution in [0.2, 0.25) is 5.02 Å². The van der Waals surface area contributed by atoms with Crippen molar-refractivity contribution in [2.45, 2.75) is 13.0 Å². The lowest BCUT2D eigenvalue weighted by Crippen LogP contribution is -2.47. The molecule has 1 aromatic heterocycles. The number of amides is 1. The summed E-state index contributed by atoms with van der Waals surface area (Å²) in [4.78, 5) is 18.6. The van der Waals surface area contributed by atoms with Crippen LogP contribution in [0.1, 0.15) is 16.1 Å². The topological polar surface area (TPSA) is 51.7 Å². The summed E-state index contributed by atoms with van der Waals surface area (Å²) in [5.74, 6) is 0.638. The summed E-state index contributed by atoms with van der Waals surface area (Å²) in [5.41, 5.74) is 1.38. The average Bonchev–Trinajstić information content (AvgIpc) is 2.62. The van der Waals surface area contributed by atoms with Crippen LogP contribution >= 0.6 is 27.5 Å². The van der Waals surface area contributed by atoms with Crippen molar-refractivity contribution in [1.29, 1.82) is 0 Å². The number of ether oxygens (including phenoxy) is 2. The van der Waals surface area contributed by atoms with Gasteiger partial charge >= 0.3 is 0 Å². The van der Waals surface area contributed by atoms with Gasteiger partial charge in [-0.3, -0.25) is 4.79 Å². The van der Waals surface area contributed by atoms with Gasteiger partial charge in [-0.15, -0.1) is 0 Å². The molecule has 5 nitrogen and oxygen atoms in total. The van der Waals surface area contributed by atoms with Gasteiger partial charge in [-0.25, -0.2) is 4.98 Å². The van der Waals surface area contributed by atoms with Crippen molar-refractivity contribution in [2.75, 3.05) is 26.3 Å². The first kappa shape index (κ1) is 18.2. The largest absolute Gasteiger partial charge is 0.491 e. The second-order valence-corrected chi connectivity index (χ2v) is 7.03. The Labute approximate surface area is 160 Å². The van der Waals surface area contributed by atoms with E-state index in [2.05, 4.69) is 20.9 Å². The third kappa shape index (κ3) is 4.71. The van der Waals surface area contributed by atoms with E-state index in [0.717, 1.165) is 11.3 Å². The minimum Gasteiger partial charge on any atom is -0.491 e. The van der Waals surface area contributed by atoms with Crippen LogP contribution in [0.5, 0.6) is 5.75 Å². The van der Waals surface area contributed by atoms with Crippen LogP contribution in [0.25, 0.3) is 0 Å². The molecule has 3 rings (SSSR count). The van der Waals surface area contributed by atoms with Crippen LogP contribution in [0.15, 0.2) is 41.0 Å². The number of aromatic nitrogens is 1. The predicted molar refractivity (Wildman–Crippen MR) is 99.3 cm³/mol.